The number of amides is 1. The lowest BCUT2D eigenvalue weighted by molar-refractivity contribution is -0.116. The Labute approximate surface area is 149 Å². The second-order valence-corrected chi connectivity index (χ2v) is 8.28. The molecule has 1 atom stereocenters. The van der Waals surface area contributed by atoms with Gasteiger partial charge in [-0.2, -0.15) is 0 Å². The Kier molecular flexibility index (Phi) is 6.66. The number of hydrogen-bond acceptors (Lipinski definition) is 6. The summed E-state index contributed by atoms with van der Waals surface area (Å²) in [5.74, 6) is 1.46. The summed E-state index contributed by atoms with van der Waals surface area (Å²) in [4.78, 5) is 14.4. The van der Waals surface area contributed by atoms with Crippen LogP contribution < -0.4 is 14.8 Å². The molecular formula is C17H26N2O5S. The molecule has 0 aliphatic carbocycles. The Morgan fingerprint density at radius 1 is 1.32 bits per heavy atom. The lowest BCUT2D eigenvalue weighted by atomic mass is 10.2. The molecular weight excluding hydrogens is 344 g/mol. The molecule has 1 aliphatic heterocycles. The quantitative estimate of drug-likeness (QED) is 0.747. The van der Waals surface area contributed by atoms with Crippen molar-refractivity contribution in [1.82, 2.24) is 4.90 Å². The van der Waals surface area contributed by atoms with Gasteiger partial charge in [-0.3, -0.25) is 9.69 Å². The highest BCUT2D eigenvalue weighted by Crippen LogP contribution is 2.29. The summed E-state index contributed by atoms with van der Waals surface area (Å²) in [6.07, 6.45) is 0.923. The van der Waals surface area contributed by atoms with Crippen molar-refractivity contribution in [3.8, 4) is 11.5 Å². The van der Waals surface area contributed by atoms with Gasteiger partial charge < -0.3 is 14.8 Å². The van der Waals surface area contributed by atoms with Crippen molar-refractivity contribution in [3.05, 3.63) is 18.2 Å². The van der Waals surface area contributed by atoms with Gasteiger partial charge in [-0.25, -0.2) is 8.42 Å². The van der Waals surface area contributed by atoms with Gasteiger partial charge in [0, 0.05) is 25.1 Å². The van der Waals surface area contributed by atoms with Crippen LogP contribution in [0.1, 0.15) is 19.8 Å². The number of carbonyl (C=O) groups excluding carboxylic acids is 1. The molecule has 1 fully saturated rings. The van der Waals surface area contributed by atoms with Crippen LogP contribution in [0.25, 0.3) is 0 Å². The summed E-state index contributed by atoms with van der Waals surface area (Å²) < 4.78 is 33.7. The topological polar surface area (TPSA) is 84.9 Å². The predicted molar refractivity (Wildman–Crippen MR) is 97.1 cm³/mol. The summed E-state index contributed by atoms with van der Waals surface area (Å²) in [7, 11) is 0.169. The van der Waals surface area contributed by atoms with Crippen LogP contribution in [-0.2, 0) is 14.6 Å². The molecule has 1 heterocycles. The number of nitrogens with zero attached hydrogens (tertiary/aromatic N) is 1. The highest BCUT2D eigenvalue weighted by Gasteiger charge is 2.31. The molecule has 7 nitrogen and oxygen atoms in total. The average Bonchev–Trinajstić information content (AvgIpc) is 2.95. The van der Waals surface area contributed by atoms with Crippen LogP contribution in [0, 0.1) is 0 Å². The third-order valence-electron chi connectivity index (χ3n) is 4.44. The second kappa shape index (κ2) is 8.53. The number of anilines is 1. The van der Waals surface area contributed by atoms with Crippen LogP contribution in [-0.4, -0.2) is 64.1 Å². The van der Waals surface area contributed by atoms with E-state index >= 15 is 0 Å². The monoisotopic (exact) mass is 370 g/mol. The predicted octanol–water partition coefficient (Wildman–Crippen LogP) is 1.54. The smallest absolute Gasteiger partial charge is 0.225 e. The Bertz CT molecular complexity index is 705. The van der Waals surface area contributed by atoms with Crippen molar-refractivity contribution in [2.24, 2.45) is 0 Å². The van der Waals surface area contributed by atoms with Gasteiger partial charge in [0.05, 0.1) is 31.4 Å². The van der Waals surface area contributed by atoms with Crippen LogP contribution in [0.2, 0.25) is 0 Å². The van der Waals surface area contributed by atoms with E-state index in [1.54, 1.807) is 25.3 Å². The van der Waals surface area contributed by atoms with E-state index in [1.165, 1.54) is 7.11 Å². The lowest BCUT2D eigenvalue weighted by Gasteiger charge is -2.26. The van der Waals surface area contributed by atoms with Gasteiger partial charge in [0.2, 0.25) is 5.91 Å². The number of rotatable bonds is 8. The van der Waals surface area contributed by atoms with Crippen molar-refractivity contribution in [1.29, 1.82) is 0 Å². The zero-order valence-electron chi connectivity index (χ0n) is 14.9. The molecule has 0 saturated carbocycles. The highest BCUT2D eigenvalue weighted by molar-refractivity contribution is 7.91. The van der Waals surface area contributed by atoms with E-state index in [9.17, 15) is 13.2 Å². The first-order valence-corrected chi connectivity index (χ1v) is 10.2. The molecule has 1 aliphatic rings. The van der Waals surface area contributed by atoms with E-state index in [0.717, 1.165) is 6.54 Å². The van der Waals surface area contributed by atoms with Gasteiger partial charge in [0.1, 0.15) is 11.5 Å². The molecule has 0 spiro atoms. The fourth-order valence-corrected chi connectivity index (χ4v) is 4.79. The maximum absolute atomic E-state index is 12.3. The fourth-order valence-electron chi connectivity index (χ4n) is 3.03. The Hall–Kier alpha value is -1.80. The number of benzene rings is 1. The van der Waals surface area contributed by atoms with Gasteiger partial charge in [0.25, 0.3) is 0 Å². The molecule has 1 aromatic rings. The molecule has 0 aromatic heterocycles. The van der Waals surface area contributed by atoms with E-state index in [0.29, 0.717) is 30.2 Å². The molecule has 25 heavy (non-hydrogen) atoms. The maximum Gasteiger partial charge on any atom is 0.225 e. The van der Waals surface area contributed by atoms with Crippen LogP contribution in [0.3, 0.4) is 0 Å². The summed E-state index contributed by atoms with van der Waals surface area (Å²) in [5.41, 5.74) is 0.554. The summed E-state index contributed by atoms with van der Waals surface area (Å²) >= 11 is 0. The van der Waals surface area contributed by atoms with Gasteiger partial charge >= 0.3 is 0 Å². The number of methoxy groups -OCH3 is 2. The largest absolute Gasteiger partial charge is 0.497 e. The maximum atomic E-state index is 12.3. The third kappa shape index (κ3) is 5.34. The number of carbonyl (C=O) groups is 1. The molecule has 1 N–H and O–H groups in total. The van der Waals surface area contributed by atoms with E-state index in [2.05, 4.69) is 10.2 Å². The summed E-state index contributed by atoms with van der Waals surface area (Å²) in [5, 5.41) is 2.83. The summed E-state index contributed by atoms with van der Waals surface area (Å²) in [6.45, 7) is 3.22. The van der Waals surface area contributed by atoms with Crippen LogP contribution in [0.15, 0.2) is 18.2 Å². The van der Waals surface area contributed by atoms with Gasteiger partial charge in [-0.05, 0) is 25.1 Å². The third-order valence-corrected chi connectivity index (χ3v) is 6.19. The minimum Gasteiger partial charge on any atom is -0.497 e. The number of nitrogens with one attached hydrogen (secondary N) is 1. The number of hydrogen-bond donors (Lipinski definition) is 1. The van der Waals surface area contributed by atoms with Gasteiger partial charge in [-0.1, -0.05) is 6.92 Å². The molecule has 0 bridgehead atoms. The fraction of sp³-hybridized carbons (Fsp3) is 0.588. The van der Waals surface area contributed by atoms with Crippen molar-refractivity contribution in [2.45, 2.75) is 25.8 Å². The van der Waals surface area contributed by atoms with E-state index in [1.807, 2.05) is 6.92 Å². The minimum absolute atomic E-state index is 0.00848. The minimum atomic E-state index is -2.93. The average molecular weight is 370 g/mol. The molecule has 8 heteroatoms. The zero-order chi connectivity index (χ0) is 18.4. The molecule has 140 valence electrons. The second-order valence-electron chi connectivity index (χ2n) is 6.05. The Morgan fingerprint density at radius 3 is 2.64 bits per heavy atom. The number of ether oxygens (including phenoxy) is 2. The van der Waals surface area contributed by atoms with Crippen molar-refractivity contribution in [2.75, 3.05) is 44.1 Å². The number of sulfone groups is 1. The van der Waals surface area contributed by atoms with E-state index in [-0.39, 0.29) is 29.9 Å². The lowest BCUT2D eigenvalue weighted by Crippen LogP contribution is -2.38. The first kappa shape index (κ1) is 19.5. The summed E-state index contributed by atoms with van der Waals surface area (Å²) in [6, 6.07) is 5.20. The van der Waals surface area contributed by atoms with Gasteiger partial charge in [-0.15, -0.1) is 0 Å². The molecule has 2 rings (SSSR count). The Morgan fingerprint density at radius 2 is 2.08 bits per heavy atom. The standard InChI is InChI=1S/C17H26N2O5S/c1-4-19(13-8-10-25(21,22)12-13)9-7-17(20)18-15-11-14(23-2)5-6-16(15)24-3/h5-6,11,13H,4,7-10,12H2,1-3H3,(H,18,20). The van der Waals surface area contributed by atoms with Crippen molar-refractivity contribution in [3.63, 3.8) is 0 Å². The van der Waals surface area contributed by atoms with E-state index in [4.69, 9.17) is 9.47 Å². The zero-order valence-corrected chi connectivity index (χ0v) is 15.8. The highest BCUT2D eigenvalue weighted by atomic mass is 32.2. The van der Waals surface area contributed by atoms with Gasteiger partial charge in [0.15, 0.2) is 9.84 Å². The van der Waals surface area contributed by atoms with E-state index < -0.39 is 9.84 Å². The van der Waals surface area contributed by atoms with Crippen LogP contribution >= 0.6 is 0 Å². The Balaban J connectivity index is 1.94. The first-order valence-electron chi connectivity index (χ1n) is 8.35. The molecule has 1 aromatic carbocycles. The molecule has 1 unspecified atom stereocenters. The molecule has 0 radical (unpaired) electrons. The normalized spacial score (nSPS) is 19.0. The molecule has 1 saturated heterocycles. The van der Waals surface area contributed by atoms with Crippen LogP contribution in [0.5, 0.6) is 11.5 Å². The van der Waals surface area contributed by atoms with Crippen molar-refractivity contribution < 1.29 is 22.7 Å². The molecule has 1 amide bonds. The SMILES string of the molecule is CCN(CCC(=O)Nc1cc(OC)ccc1OC)C1CCS(=O)(=O)C1. The van der Waals surface area contributed by atoms with Crippen LogP contribution in [0.4, 0.5) is 5.69 Å². The van der Waals surface area contributed by atoms with Crippen molar-refractivity contribution >= 4 is 21.4 Å². The first-order chi connectivity index (χ1) is 11.9.